The summed E-state index contributed by atoms with van der Waals surface area (Å²) in [5, 5.41) is 20.4. The van der Waals surface area contributed by atoms with Gasteiger partial charge in [-0.1, -0.05) is 36.4 Å². The van der Waals surface area contributed by atoms with Crippen molar-refractivity contribution >= 4 is 23.2 Å². The summed E-state index contributed by atoms with van der Waals surface area (Å²) in [5.41, 5.74) is 16.4. The standard InChI is InChI=1S/C22H25N9O2/c23-17-4-1-3-16(11-17)21-28-27-20(29-30-9-2-10-30)22(33)31(21)13-18(32)26-12-14-5-7-15(8-6-14)19(24)25/h1,3-8,11H,2,9-10,12-13,23H2,(H3,24,25)(H,26,32)(H,27,29). The number of carbonyl (C=O) groups is 1. The average Bonchev–Trinajstić information content (AvgIpc) is 2.77. The Hall–Kier alpha value is -4.25. The molecule has 11 heteroatoms. The van der Waals surface area contributed by atoms with Crippen LogP contribution in [0.15, 0.2) is 53.3 Å². The molecule has 1 aromatic heterocycles. The molecule has 11 nitrogen and oxygen atoms in total. The Kier molecular flexibility index (Phi) is 6.31. The molecule has 2 heterocycles. The summed E-state index contributed by atoms with van der Waals surface area (Å²) >= 11 is 0. The molecule has 2 aromatic carbocycles. The van der Waals surface area contributed by atoms with E-state index in [1.54, 1.807) is 48.5 Å². The van der Waals surface area contributed by atoms with Gasteiger partial charge in [0.25, 0.3) is 5.56 Å². The third kappa shape index (κ3) is 5.15. The summed E-state index contributed by atoms with van der Waals surface area (Å²) < 4.78 is 1.29. The molecule has 1 aliphatic rings. The fraction of sp³-hybridized carbons (Fsp3) is 0.227. The van der Waals surface area contributed by atoms with E-state index in [0.29, 0.717) is 16.8 Å². The van der Waals surface area contributed by atoms with Crippen molar-refractivity contribution < 1.29 is 4.79 Å². The van der Waals surface area contributed by atoms with Crippen LogP contribution < -0.4 is 27.8 Å². The van der Waals surface area contributed by atoms with Gasteiger partial charge in [0.05, 0.1) is 0 Å². The predicted molar refractivity (Wildman–Crippen MR) is 125 cm³/mol. The molecule has 0 unspecified atom stereocenters. The molecule has 1 aliphatic heterocycles. The van der Waals surface area contributed by atoms with Crippen molar-refractivity contribution in [3.63, 3.8) is 0 Å². The van der Waals surface area contributed by atoms with E-state index in [1.807, 2.05) is 5.01 Å². The highest BCUT2D eigenvalue weighted by molar-refractivity contribution is 5.94. The highest BCUT2D eigenvalue weighted by atomic mass is 16.2. The number of hydrogen-bond acceptors (Lipinski definition) is 8. The molecule has 0 saturated carbocycles. The van der Waals surface area contributed by atoms with E-state index in [0.717, 1.165) is 25.1 Å². The van der Waals surface area contributed by atoms with Gasteiger partial charge in [0.15, 0.2) is 5.82 Å². The minimum absolute atomic E-state index is 0.0214. The first kappa shape index (κ1) is 22.0. The van der Waals surface area contributed by atoms with E-state index in [1.165, 1.54) is 4.57 Å². The third-order valence-electron chi connectivity index (χ3n) is 5.27. The van der Waals surface area contributed by atoms with Gasteiger partial charge in [0.2, 0.25) is 11.7 Å². The van der Waals surface area contributed by atoms with Crippen LogP contribution in [-0.2, 0) is 17.9 Å². The minimum Gasteiger partial charge on any atom is -0.399 e. The Morgan fingerprint density at radius 2 is 1.88 bits per heavy atom. The fourth-order valence-corrected chi connectivity index (χ4v) is 3.31. The van der Waals surface area contributed by atoms with Gasteiger partial charge in [0, 0.05) is 36.4 Å². The number of hydrogen-bond donors (Lipinski definition) is 5. The molecule has 33 heavy (non-hydrogen) atoms. The number of nitrogen functional groups attached to an aromatic ring is 2. The Balaban J connectivity index is 1.55. The summed E-state index contributed by atoms with van der Waals surface area (Å²) in [5.74, 6) is -0.0648. The van der Waals surface area contributed by atoms with Crippen molar-refractivity contribution in [3.8, 4) is 11.4 Å². The molecule has 0 atom stereocenters. The van der Waals surface area contributed by atoms with E-state index in [9.17, 15) is 9.59 Å². The molecule has 7 N–H and O–H groups in total. The van der Waals surface area contributed by atoms with Crippen LogP contribution in [0.4, 0.5) is 11.5 Å². The van der Waals surface area contributed by atoms with Gasteiger partial charge in [-0.3, -0.25) is 25.0 Å². The Bertz CT molecular complexity index is 1230. The topological polar surface area (TPSA) is 168 Å². The molecular weight excluding hydrogens is 422 g/mol. The lowest BCUT2D eigenvalue weighted by molar-refractivity contribution is -0.121. The quantitative estimate of drug-likeness (QED) is 0.189. The monoisotopic (exact) mass is 447 g/mol. The molecular formula is C22H25N9O2. The lowest BCUT2D eigenvalue weighted by Gasteiger charge is -2.30. The van der Waals surface area contributed by atoms with Crippen LogP contribution in [0, 0.1) is 5.41 Å². The maximum absolute atomic E-state index is 13.2. The third-order valence-corrected chi connectivity index (χ3v) is 5.27. The number of aromatic nitrogens is 3. The number of anilines is 2. The van der Waals surface area contributed by atoms with Crippen LogP contribution >= 0.6 is 0 Å². The highest BCUT2D eigenvalue weighted by Crippen LogP contribution is 2.19. The summed E-state index contributed by atoms with van der Waals surface area (Å²) in [7, 11) is 0. The number of amidine groups is 1. The minimum atomic E-state index is -0.449. The van der Waals surface area contributed by atoms with Crippen LogP contribution in [0.1, 0.15) is 17.5 Å². The van der Waals surface area contributed by atoms with E-state index in [-0.39, 0.29) is 36.5 Å². The maximum atomic E-state index is 13.2. The van der Waals surface area contributed by atoms with E-state index in [4.69, 9.17) is 16.9 Å². The molecule has 3 aromatic rings. The second-order valence-electron chi connectivity index (χ2n) is 7.73. The Morgan fingerprint density at radius 1 is 1.12 bits per heavy atom. The van der Waals surface area contributed by atoms with Gasteiger partial charge in [-0.05, 0) is 24.1 Å². The van der Waals surface area contributed by atoms with Gasteiger partial charge in [-0.15, -0.1) is 10.2 Å². The zero-order valence-corrected chi connectivity index (χ0v) is 17.9. The average molecular weight is 448 g/mol. The Morgan fingerprint density at radius 3 is 2.52 bits per heavy atom. The molecule has 1 saturated heterocycles. The molecule has 0 spiro atoms. The van der Waals surface area contributed by atoms with Crippen molar-refractivity contribution in [2.45, 2.75) is 19.5 Å². The van der Waals surface area contributed by atoms with Crippen LogP contribution in [0.3, 0.4) is 0 Å². The first-order valence-corrected chi connectivity index (χ1v) is 10.5. The molecule has 1 fully saturated rings. The van der Waals surface area contributed by atoms with E-state index in [2.05, 4.69) is 20.9 Å². The van der Waals surface area contributed by atoms with Crippen molar-refractivity contribution in [1.29, 1.82) is 5.41 Å². The number of nitrogens with two attached hydrogens (primary N) is 2. The molecule has 0 aliphatic carbocycles. The molecule has 0 radical (unpaired) electrons. The molecule has 170 valence electrons. The smallest absolute Gasteiger partial charge is 0.298 e. The molecule has 0 bridgehead atoms. The second kappa shape index (κ2) is 9.49. The first-order chi connectivity index (χ1) is 15.9. The Labute approximate surface area is 189 Å². The SMILES string of the molecule is N=C(N)c1ccc(CNC(=O)Cn2c(-c3cccc(N)c3)nnc(NN3CCC3)c2=O)cc1. The van der Waals surface area contributed by atoms with Gasteiger partial charge in [0.1, 0.15) is 12.4 Å². The summed E-state index contributed by atoms with van der Waals surface area (Å²) in [6.07, 6.45) is 1.03. The van der Waals surface area contributed by atoms with E-state index >= 15 is 0 Å². The van der Waals surface area contributed by atoms with Gasteiger partial charge >= 0.3 is 0 Å². The molecule has 1 amide bonds. The zero-order valence-electron chi connectivity index (χ0n) is 17.9. The van der Waals surface area contributed by atoms with Gasteiger partial charge < -0.3 is 16.8 Å². The number of nitrogens with one attached hydrogen (secondary N) is 3. The normalized spacial score (nSPS) is 13.2. The highest BCUT2D eigenvalue weighted by Gasteiger charge is 2.20. The maximum Gasteiger partial charge on any atom is 0.298 e. The van der Waals surface area contributed by atoms with Crippen molar-refractivity contribution in [1.82, 2.24) is 25.1 Å². The first-order valence-electron chi connectivity index (χ1n) is 10.5. The zero-order chi connectivity index (χ0) is 23.4. The van der Waals surface area contributed by atoms with Crippen molar-refractivity contribution in [2.75, 3.05) is 24.2 Å². The van der Waals surface area contributed by atoms with Crippen molar-refractivity contribution in [2.24, 2.45) is 5.73 Å². The lowest BCUT2D eigenvalue weighted by Crippen LogP contribution is -2.44. The number of hydrazine groups is 1. The fourth-order valence-electron chi connectivity index (χ4n) is 3.31. The van der Waals surface area contributed by atoms with Crippen molar-refractivity contribution in [3.05, 3.63) is 70.0 Å². The van der Waals surface area contributed by atoms with Crippen LogP contribution in [0.2, 0.25) is 0 Å². The van der Waals surface area contributed by atoms with Crippen LogP contribution in [0.5, 0.6) is 0 Å². The van der Waals surface area contributed by atoms with E-state index < -0.39 is 5.56 Å². The summed E-state index contributed by atoms with van der Waals surface area (Å²) in [6, 6.07) is 13.9. The number of carbonyl (C=O) groups excluding carboxylic acids is 1. The number of amides is 1. The molecule has 4 rings (SSSR count). The number of nitrogens with zero attached hydrogens (tertiary/aromatic N) is 4. The van der Waals surface area contributed by atoms with Gasteiger partial charge in [-0.2, -0.15) is 0 Å². The number of rotatable bonds is 8. The lowest BCUT2D eigenvalue weighted by atomic mass is 10.1. The predicted octanol–water partition coefficient (Wildman–Crippen LogP) is 0.521. The van der Waals surface area contributed by atoms with Crippen LogP contribution in [-0.4, -0.2) is 44.6 Å². The largest absolute Gasteiger partial charge is 0.399 e. The van der Waals surface area contributed by atoms with Crippen LogP contribution in [0.25, 0.3) is 11.4 Å². The second-order valence-corrected chi connectivity index (χ2v) is 7.73. The summed E-state index contributed by atoms with van der Waals surface area (Å²) in [6.45, 7) is 1.64. The van der Waals surface area contributed by atoms with Gasteiger partial charge in [-0.25, -0.2) is 5.01 Å². The number of benzene rings is 2. The summed E-state index contributed by atoms with van der Waals surface area (Å²) in [4.78, 5) is 25.9.